The molecule has 1 aliphatic carbocycles. The lowest BCUT2D eigenvalue weighted by atomic mass is 9.67. The number of carbonyl (C=O) groups excluding carboxylic acids is 1. The molecule has 0 heterocycles. The van der Waals surface area contributed by atoms with Crippen molar-refractivity contribution < 1.29 is 9.53 Å². The highest BCUT2D eigenvalue weighted by molar-refractivity contribution is 5.88. The first kappa shape index (κ1) is 16.3. The molecule has 1 fully saturated rings. The van der Waals surface area contributed by atoms with Crippen molar-refractivity contribution >= 4 is 5.97 Å². The minimum absolute atomic E-state index is 0.211. The van der Waals surface area contributed by atoms with Crippen LogP contribution in [0.5, 0.6) is 0 Å². The van der Waals surface area contributed by atoms with E-state index in [4.69, 9.17) is 4.74 Å². The molecule has 1 aliphatic rings. The summed E-state index contributed by atoms with van der Waals surface area (Å²) in [7, 11) is 0. The fourth-order valence-corrected chi connectivity index (χ4v) is 3.10. The SMILES string of the molecule is C=C(C(=O)OC(C)(C)C)C1CC(C)CCC1C(C)C. The van der Waals surface area contributed by atoms with Crippen LogP contribution < -0.4 is 0 Å². The summed E-state index contributed by atoms with van der Waals surface area (Å²) in [6.45, 7) is 16.5. The Kier molecular flexibility index (Phi) is 5.23. The average molecular weight is 266 g/mol. The van der Waals surface area contributed by atoms with Crippen LogP contribution in [-0.2, 0) is 9.53 Å². The molecule has 0 radical (unpaired) electrons. The molecule has 0 amide bonds. The molecule has 19 heavy (non-hydrogen) atoms. The Bertz CT molecular complexity index is 336. The van der Waals surface area contributed by atoms with E-state index in [-0.39, 0.29) is 5.97 Å². The summed E-state index contributed by atoms with van der Waals surface area (Å²) < 4.78 is 5.48. The normalized spacial score (nSPS) is 28.3. The van der Waals surface area contributed by atoms with Crippen LogP contribution in [0, 0.1) is 23.7 Å². The molecule has 0 bridgehead atoms. The Morgan fingerprint density at radius 3 is 2.32 bits per heavy atom. The van der Waals surface area contributed by atoms with Crippen LogP contribution in [0.4, 0.5) is 0 Å². The van der Waals surface area contributed by atoms with Crippen LogP contribution in [0.1, 0.15) is 60.8 Å². The number of carbonyl (C=O) groups is 1. The number of hydrogen-bond donors (Lipinski definition) is 0. The Balaban J connectivity index is 2.79. The van der Waals surface area contributed by atoms with Gasteiger partial charge < -0.3 is 4.74 Å². The van der Waals surface area contributed by atoms with Gasteiger partial charge in [0.2, 0.25) is 0 Å². The standard InChI is InChI=1S/C17H30O2/c1-11(2)14-9-8-12(3)10-15(14)13(4)16(18)19-17(5,6)7/h11-12,14-15H,4,8-10H2,1-3,5-7H3. The van der Waals surface area contributed by atoms with Gasteiger partial charge in [-0.2, -0.15) is 0 Å². The van der Waals surface area contributed by atoms with Crippen molar-refractivity contribution in [3.63, 3.8) is 0 Å². The summed E-state index contributed by atoms with van der Waals surface area (Å²) in [5, 5.41) is 0. The molecule has 1 rings (SSSR count). The lowest BCUT2D eigenvalue weighted by Gasteiger charge is -2.38. The maximum atomic E-state index is 12.2. The van der Waals surface area contributed by atoms with Crippen LogP contribution >= 0.6 is 0 Å². The molecule has 1 saturated carbocycles. The summed E-state index contributed by atoms with van der Waals surface area (Å²) in [6, 6.07) is 0. The van der Waals surface area contributed by atoms with Crippen molar-refractivity contribution in [2.24, 2.45) is 23.7 Å². The molecular weight excluding hydrogens is 236 g/mol. The summed E-state index contributed by atoms with van der Waals surface area (Å²) in [5.41, 5.74) is 0.244. The van der Waals surface area contributed by atoms with E-state index in [1.54, 1.807) is 0 Å². The zero-order valence-electron chi connectivity index (χ0n) is 13.5. The van der Waals surface area contributed by atoms with Crippen LogP contribution in [-0.4, -0.2) is 11.6 Å². The van der Waals surface area contributed by atoms with Gasteiger partial charge in [-0.15, -0.1) is 0 Å². The zero-order chi connectivity index (χ0) is 14.8. The lowest BCUT2D eigenvalue weighted by molar-refractivity contribution is -0.151. The van der Waals surface area contributed by atoms with Gasteiger partial charge in [0.05, 0.1) is 0 Å². The number of hydrogen-bond acceptors (Lipinski definition) is 2. The Morgan fingerprint density at radius 1 is 1.26 bits per heavy atom. The van der Waals surface area contributed by atoms with E-state index in [9.17, 15) is 4.79 Å². The smallest absolute Gasteiger partial charge is 0.334 e. The Labute approximate surface area is 118 Å². The highest BCUT2D eigenvalue weighted by Crippen LogP contribution is 2.41. The first-order valence-electron chi connectivity index (χ1n) is 7.54. The molecule has 110 valence electrons. The molecule has 2 nitrogen and oxygen atoms in total. The summed E-state index contributed by atoms with van der Waals surface area (Å²) >= 11 is 0. The number of ether oxygens (including phenoxy) is 1. The summed E-state index contributed by atoms with van der Waals surface area (Å²) in [4.78, 5) is 12.2. The van der Waals surface area contributed by atoms with Crippen molar-refractivity contribution in [3.8, 4) is 0 Å². The van der Waals surface area contributed by atoms with Gasteiger partial charge in [-0.1, -0.05) is 33.8 Å². The van der Waals surface area contributed by atoms with Gasteiger partial charge in [-0.05, 0) is 57.3 Å². The second-order valence-corrected chi connectivity index (χ2v) is 7.46. The fraction of sp³-hybridized carbons (Fsp3) is 0.824. The zero-order valence-corrected chi connectivity index (χ0v) is 13.5. The summed E-state index contributed by atoms with van der Waals surface area (Å²) in [5.74, 6) is 1.92. The third kappa shape index (κ3) is 4.67. The molecule has 0 aromatic carbocycles. The predicted octanol–water partition coefficient (Wildman–Crippen LogP) is 4.59. The molecule has 3 atom stereocenters. The van der Waals surface area contributed by atoms with Gasteiger partial charge in [0.15, 0.2) is 0 Å². The van der Waals surface area contributed by atoms with Crippen molar-refractivity contribution in [2.45, 2.75) is 66.4 Å². The molecule has 3 unspecified atom stereocenters. The molecule has 2 heteroatoms. The number of esters is 1. The Morgan fingerprint density at radius 2 is 1.84 bits per heavy atom. The second kappa shape index (κ2) is 6.11. The van der Waals surface area contributed by atoms with Crippen molar-refractivity contribution in [3.05, 3.63) is 12.2 Å². The third-order valence-corrected chi connectivity index (χ3v) is 4.13. The molecule has 0 aromatic rings. The monoisotopic (exact) mass is 266 g/mol. The number of rotatable bonds is 3. The van der Waals surface area contributed by atoms with Crippen molar-refractivity contribution in [2.75, 3.05) is 0 Å². The van der Waals surface area contributed by atoms with Gasteiger partial charge in [0, 0.05) is 5.57 Å². The molecule has 0 spiro atoms. The molecule has 0 aliphatic heterocycles. The van der Waals surface area contributed by atoms with E-state index < -0.39 is 5.60 Å². The molecule has 0 N–H and O–H groups in total. The van der Waals surface area contributed by atoms with Gasteiger partial charge in [-0.3, -0.25) is 0 Å². The van der Waals surface area contributed by atoms with Gasteiger partial charge in [0.1, 0.15) is 5.60 Å². The minimum atomic E-state index is -0.437. The average Bonchev–Trinajstić information content (AvgIpc) is 2.25. The lowest BCUT2D eigenvalue weighted by Crippen LogP contribution is -2.33. The Hall–Kier alpha value is -0.790. The fourth-order valence-electron chi connectivity index (χ4n) is 3.10. The predicted molar refractivity (Wildman–Crippen MR) is 79.8 cm³/mol. The van der Waals surface area contributed by atoms with E-state index in [2.05, 4.69) is 27.4 Å². The van der Waals surface area contributed by atoms with E-state index in [0.29, 0.717) is 29.2 Å². The van der Waals surface area contributed by atoms with Gasteiger partial charge in [0.25, 0.3) is 0 Å². The maximum Gasteiger partial charge on any atom is 0.334 e. The molecule has 0 aromatic heterocycles. The van der Waals surface area contributed by atoms with Crippen LogP contribution in [0.3, 0.4) is 0 Å². The van der Waals surface area contributed by atoms with Gasteiger partial charge >= 0.3 is 5.97 Å². The minimum Gasteiger partial charge on any atom is -0.457 e. The van der Waals surface area contributed by atoms with Crippen LogP contribution in [0.2, 0.25) is 0 Å². The topological polar surface area (TPSA) is 26.3 Å². The van der Waals surface area contributed by atoms with E-state index >= 15 is 0 Å². The van der Waals surface area contributed by atoms with E-state index in [1.807, 2.05) is 20.8 Å². The van der Waals surface area contributed by atoms with Crippen molar-refractivity contribution in [1.82, 2.24) is 0 Å². The largest absolute Gasteiger partial charge is 0.457 e. The highest BCUT2D eigenvalue weighted by atomic mass is 16.6. The first-order valence-corrected chi connectivity index (χ1v) is 7.54. The summed E-state index contributed by atoms with van der Waals surface area (Å²) in [6.07, 6.45) is 3.53. The highest BCUT2D eigenvalue weighted by Gasteiger charge is 2.35. The maximum absolute atomic E-state index is 12.2. The molecule has 0 saturated heterocycles. The van der Waals surface area contributed by atoms with E-state index in [0.717, 1.165) is 6.42 Å². The van der Waals surface area contributed by atoms with Gasteiger partial charge in [-0.25, -0.2) is 4.79 Å². The van der Waals surface area contributed by atoms with Crippen LogP contribution in [0.15, 0.2) is 12.2 Å². The van der Waals surface area contributed by atoms with E-state index in [1.165, 1.54) is 12.8 Å². The molecular formula is C17H30O2. The van der Waals surface area contributed by atoms with Crippen LogP contribution in [0.25, 0.3) is 0 Å². The quantitative estimate of drug-likeness (QED) is 0.551. The third-order valence-electron chi connectivity index (χ3n) is 4.13. The first-order chi connectivity index (χ1) is 8.61. The second-order valence-electron chi connectivity index (χ2n) is 7.46. The van der Waals surface area contributed by atoms with Crippen molar-refractivity contribution in [1.29, 1.82) is 0 Å².